The second-order valence-electron chi connectivity index (χ2n) is 6.05. The molecule has 0 spiro atoms. The first kappa shape index (κ1) is 16.5. The van der Waals surface area contributed by atoms with Gasteiger partial charge in [-0.05, 0) is 28.8 Å². The maximum atomic E-state index is 12.2. The first-order chi connectivity index (χ1) is 10.9. The van der Waals surface area contributed by atoms with Gasteiger partial charge in [-0.15, -0.1) is 0 Å². The van der Waals surface area contributed by atoms with Crippen molar-refractivity contribution in [2.24, 2.45) is 0 Å². The van der Waals surface area contributed by atoms with Crippen molar-refractivity contribution in [1.82, 2.24) is 4.72 Å². The molecular formula is C17H18ClNO3S. The molecule has 2 N–H and O–H groups in total. The van der Waals surface area contributed by atoms with Crippen LogP contribution in [0.1, 0.15) is 16.7 Å². The maximum Gasteiger partial charge on any atom is 0.215 e. The molecule has 122 valence electrons. The minimum Gasteiger partial charge on any atom is -0.388 e. The molecule has 23 heavy (non-hydrogen) atoms. The molecule has 1 aliphatic rings. The molecule has 0 heterocycles. The van der Waals surface area contributed by atoms with E-state index >= 15 is 0 Å². The van der Waals surface area contributed by atoms with Crippen LogP contribution in [0.4, 0.5) is 0 Å². The van der Waals surface area contributed by atoms with Gasteiger partial charge in [-0.25, -0.2) is 13.1 Å². The normalized spacial score (nSPS) is 16.3. The molecular weight excluding hydrogens is 334 g/mol. The van der Waals surface area contributed by atoms with Gasteiger partial charge in [-0.3, -0.25) is 0 Å². The van der Waals surface area contributed by atoms with Gasteiger partial charge in [0.15, 0.2) is 0 Å². The Balaban J connectivity index is 1.62. The first-order valence-electron chi connectivity index (χ1n) is 7.36. The minimum atomic E-state index is -3.51. The van der Waals surface area contributed by atoms with Crippen LogP contribution in [0, 0.1) is 0 Å². The summed E-state index contributed by atoms with van der Waals surface area (Å²) in [5, 5.41) is 11.2. The molecule has 1 aliphatic carbocycles. The fraction of sp³-hybridized carbons (Fsp3) is 0.294. The Morgan fingerprint density at radius 1 is 1.04 bits per heavy atom. The fourth-order valence-corrected chi connectivity index (χ4v) is 4.24. The number of nitrogens with one attached hydrogen (secondary N) is 1. The van der Waals surface area contributed by atoms with E-state index < -0.39 is 15.6 Å². The van der Waals surface area contributed by atoms with Crippen molar-refractivity contribution < 1.29 is 13.5 Å². The lowest BCUT2D eigenvalue weighted by atomic mass is 10.0. The molecule has 0 atom stereocenters. The summed E-state index contributed by atoms with van der Waals surface area (Å²) in [6, 6.07) is 14.5. The highest BCUT2D eigenvalue weighted by Crippen LogP contribution is 2.29. The smallest absolute Gasteiger partial charge is 0.215 e. The van der Waals surface area contributed by atoms with Crippen LogP contribution in [-0.4, -0.2) is 25.7 Å². The standard InChI is InChI=1S/C17H18ClNO3S/c18-16-7-5-13(6-8-16)11-23(21,22)19-12-17(20)9-14-3-1-2-4-15(14)10-17/h1-8,19-20H,9-12H2. The molecule has 3 rings (SSSR count). The van der Waals surface area contributed by atoms with Gasteiger partial charge in [0.2, 0.25) is 10.0 Å². The molecule has 0 saturated carbocycles. The van der Waals surface area contributed by atoms with Crippen LogP contribution in [0.25, 0.3) is 0 Å². The monoisotopic (exact) mass is 351 g/mol. The molecule has 0 bridgehead atoms. The minimum absolute atomic E-state index is 0.0115. The van der Waals surface area contributed by atoms with E-state index in [0.29, 0.717) is 23.4 Å². The molecule has 2 aromatic rings. The van der Waals surface area contributed by atoms with Crippen LogP contribution >= 0.6 is 11.6 Å². The Kier molecular flexibility index (Phi) is 4.47. The van der Waals surface area contributed by atoms with Gasteiger partial charge in [0.1, 0.15) is 0 Å². The van der Waals surface area contributed by atoms with Crippen molar-refractivity contribution in [1.29, 1.82) is 0 Å². The quantitative estimate of drug-likeness (QED) is 0.868. The predicted molar refractivity (Wildman–Crippen MR) is 90.9 cm³/mol. The maximum absolute atomic E-state index is 12.2. The zero-order valence-electron chi connectivity index (χ0n) is 12.5. The van der Waals surface area contributed by atoms with E-state index in [9.17, 15) is 13.5 Å². The van der Waals surface area contributed by atoms with Gasteiger partial charge < -0.3 is 5.11 Å². The molecule has 0 fully saturated rings. The molecule has 0 saturated heterocycles. The zero-order chi connectivity index (χ0) is 16.5. The lowest BCUT2D eigenvalue weighted by Crippen LogP contribution is -2.43. The third-order valence-corrected chi connectivity index (χ3v) is 5.60. The highest BCUT2D eigenvalue weighted by molar-refractivity contribution is 7.88. The first-order valence-corrected chi connectivity index (χ1v) is 9.39. The Bertz CT molecular complexity index is 778. The van der Waals surface area contributed by atoms with E-state index in [0.717, 1.165) is 11.1 Å². The van der Waals surface area contributed by atoms with Crippen molar-refractivity contribution in [2.45, 2.75) is 24.2 Å². The number of hydrogen-bond acceptors (Lipinski definition) is 3. The Morgan fingerprint density at radius 2 is 1.61 bits per heavy atom. The predicted octanol–water partition coefficient (Wildman–Crippen LogP) is 2.29. The average molecular weight is 352 g/mol. The molecule has 0 radical (unpaired) electrons. The van der Waals surface area contributed by atoms with Crippen LogP contribution in [0.2, 0.25) is 5.02 Å². The van der Waals surface area contributed by atoms with Crippen molar-refractivity contribution in [3.63, 3.8) is 0 Å². The SMILES string of the molecule is O=S(=O)(Cc1ccc(Cl)cc1)NCC1(O)Cc2ccccc2C1. The molecule has 0 aromatic heterocycles. The van der Waals surface area contributed by atoms with Crippen LogP contribution < -0.4 is 4.72 Å². The van der Waals surface area contributed by atoms with Crippen LogP contribution in [0.3, 0.4) is 0 Å². The van der Waals surface area contributed by atoms with Crippen LogP contribution in [-0.2, 0) is 28.6 Å². The van der Waals surface area contributed by atoms with E-state index in [4.69, 9.17) is 11.6 Å². The molecule has 0 unspecified atom stereocenters. The third-order valence-electron chi connectivity index (χ3n) is 4.05. The Hall–Kier alpha value is -1.40. The molecule has 4 nitrogen and oxygen atoms in total. The van der Waals surface area contributed by atoms with Crippen LogP contribution in [0.15, 0.2) is 48.5 Å². The summed E-state index contributed by atoms with van der Waals surface area (Å²) in [6.45, 7) is 0.0115. The highest BCUT2D eigenvalue weighted by atomic mass is 35.5. The largest absolute Gasteiger partial charge is 0.388 e. The van der Waals surface area contributed by atoms with E-state index in [2.05, 4.69) is 4.72 Å². The van der Waals surface area contributed by atoms with Gasteiger partial charge >= 0.3 is 0 Å². The number of benzene rings is 2. The molecule has 6 heteroatoms. The number of aliphatic hydroxyl groups is 1. The van der Waals surface area contributed by atoms with Gasteiger partial charge in [-0.2, -0.15) is 0 Å². The molecule has 2 aromatic carbocycles. The van der Waals surface area contributed by atoms with E-state index in [1.54, 1.807) is 24.3 Å². The highest BCUT2D eigenvalue weighted by Gasteiger charge is 2.35. The van der Waals surface area contributed by atoms with Gasteiger partial charge in [0.25, 0.3) is 0 Å². The van der Waals surface area contributed by atoms with E-state index in [1.807, 2.05) is 24.3 Å². The third kappa shape index (κ3) is 4.12. The van der Waals surface area contributed by atoms with Crippen LogP contribution in [0.5, 0.6) is 0 Å². The van der Waals surface area contributed by atoms with Gasteiger partial charge in [0, 0.05) is 24.4 Å². The second kappa shape index (κ2) is 6.24. The number of hydrogen-bond donors (Lipinski definition) is 2. The van der Waals surface area contributed by atoms with E-state index in [1.165, 1.54) is 0 Å². The lowest BCUT2D eigenvalue weighted by Gasteiger charge is -2.22. The summed E-state index contributed by atoms with van der Waals surface area (Å²) in [4.78, 5) is 0. The van der Waals surface area contributed by atoms with Crippen molar-refractivity contribution in [3.05, 3.63) is 70.2 Å². The zero-order valence-corrected chi connectivity index (χ0v) is 14.1. The lowest BCUT2D eigenvalue weighted by molar-refractivity contribution is 0.0567. The average Bonchev–Trinajstić information content (AvgIpc) is 2.84. The van der Waals surface area contributed by atoms with E-state index in [-0.39, 0.29) is 12.3 Å². The summed E-state index contributed by atoms with van der Waals surface area (Å²) in [6.07, 6.45) is 0.930. The van der Waals surface area contributed by atoms with Gasteiger partial charge in [0.05, 0.1) is 11.4 Å². The Morgan fingerprint density at radius 3 is 2.17 bits per heavy atom. The summed E-state index contributed by atoms with van der Waals surface area (Å²) < 4.78 is 26.9. The number of halogens is 1. The van der Waals surface area contributed by atoms with Gasteiger partial charge in [-0.1, -0.05) is 48.0 Å². The topological polar surface area (TPSA) is 66.4 Å². The number of sulfonamides is 1. The van der Waals surface area contributed by atoms with Crippen molar-refractivity contribution in [3.8, 4) is 0 Å². The number of fused-ring (bicyclic) bond motifs is 1. The second-order valence-corrected chi connectivity index (χ2v) is 8.30. The number of rotatable bonds is 5. The molecule has 0 aliphatic heterocycles. The summed E-state index contributed by atoms with van der Waals surface area (Å²) in [5.41, 5.74) is 1.75. The fourth-order valence-electron chi connectivity index (χ4n) is 2.89. The Labute approximate surface area is 141 Å². The van der Waals surface area contributed by atoms with Crippen molar-refractivity contribution in [2.75, 3.05) is 6.54 Å². The summed E-state index contributed by atoms with van der Waals surface area (Å²) in [7, 11) is -3.51. The molecule has 0 amide bonds. The summed E-state index contributed by atoms with van der Waals surface area (Å²) in [5.74, 6) is -0.132. The van der Waals surface area contributed by atoms with Crippen molar-refractivity contribution >= 4 is 21.6 Å². The summed E-state index contributed by atoms with van der Waals surface area (Å²) >= 11 is 5.79.